The Labute approximate surface area is 157 Å². The van der Waals surface area contributed by atoms with Crippen LogP contribution in [0.3, 0.4) is 0 Å². The van der Waals surface area contributed by atoms with E-state index in [0.717, 1.165) is 29.7 Å². The number of amides is 1. The van der Waals surface area contributed by atoms with Gasteiger partial charge < -0.3 is 15.0 Å². The molecule has 7 heteroatoms. The Morgan fingerprint density at radius 1 is 1.30 bits per heavy atom. The molecule has 0 fully saturated rings. The van der Waals surface area contributed by atoms with Crippen LogP contribution in [0.2, 0.25) is 0 Å². The molecule has 1 aromatic carbocycles. The number of hydrogen-bond donors (Lipinski definition) is 2. The summed E-state index contributed by atoms with van der Waals surface area (Å²) in [5, 5.41) is 9.08. The van der Waals surface area contributed by atoms with Crippen molar-refractivity contribution in [3.63, 3.8) is 0 Å². The van der Waals surface area contributed by atoms with Gasteiger partial charge in [-0.15, -0.1) is 0 Å². The van der Waals surface area contributed by atoms with Crippen molar-refractivity contribution in [2.45, 2.75) is 39.5 Å². The van der Waals surface area contributed by atoms with Gasteiger partial charge in [-0.05, 0) is 37.5 Å². The molecule has 0 saturated carbocycles. The fourth-order valence-corrected chi connectivity index (χ4v) is 3.57. The molecule has 0 aliphatic rings. The first-order valence-electron chi connectivity index (χ1n) is 9.33. The van der Waals surface area contributed by atoms with Gasteiger partial charge in [0, 0.05) is 25.1 Å². The van der Waals surface area contributed by atoms with Crippen LogP contribution in [0.5, 0.6) is 0 Å². The average molecular weight is 370 g/mol. The zero-order valence-electron chi connectivity index (χ0n) is 16.2. The minimum absolute atomic E-state index is 0.0971. The number of likely N-dealkylation sites (N-methyl/N-ethyl adjacent to an activating group) is 1. The third-order valence-electron chi connectivity index (χ3n) is 5.22. The summed E-state index contributed by atoms with van der Waals surface area (Å²) in [6.45, 7) is 6.27. The molecule has 0 spiro atoms. The molecule has 0 unspecified atom stereocenters. The van der Waals surface area contributed by atoms with Gasteiger partial charge in [0.1, 0.15) is 11.3 Å². The van der Waals surface area contributed by atoms with Gasteiger partial charge in [-0.3, -0.25) is 14.0 Å². The van der Waals surface area contributed by atoms with Crippen LogP contribution in [-0.2, 0) is 0 Å². The van der Waals surface area contributed by atoms with Gasteiger partial charge in [0.2, 0.25) is 0 Å². The van der Waals surface area contributed by atoms with E-state index in [0.29, 0.717) is 16.6 Å². The van der Waals surface area contributed by atoms with Gasteiger partial charge >= 0.3 is 0 Å². The molecule has 144 valence electrons. The smallest absolute Gasteiger partial charge is 0.274 e. The fourth-order valence-electron chi connectivity index (χ4n) is 3.57. The van der Waals surface area contributed by atoms with Gasteiger partial charge in [0.05, 0.1) is 23.8 Å². The number of aryl methyl sites for hydroxylation is 1. The van der Waals surface area contributed by atoms with Crippen molar-refractivity contribution in [3.8, 4) is 0 Å². The van der Waals surface area contributed by atoms with Crippen molar-refractivity contribution >= 4 is 22.5 Å². The maximum Gasteiger partial charge on any atom is 0.274 e. The van der Waals surface area contributed by atoms with Crippen molar-refractivity contribution < 1.29 is 9.90 Å². The van der Waals surface area contributed by atoms with Crippen molar-refractivity contribution in [3.05, 3.63) is 45.6 Å². The van der Waals surface area contributed by atoms with E-state index in [-0.39, 0.29) is 30.5 Å². The van der Waals surface area contributed by atoms with Gasteiger partial charge in [-0.2, -0.15) is 0 Å². The molecule has 7 nitrogen and oxygen atoms in total. The molecule has 0 aliphatic heterocycles. The van der Waals surface area contributed by atoms with E-state index in [1.165, 1.54) is 4.90 Å². The molecule has 0 bridgehead atoms. The number of imidazole rings is 1. The number of nitrogens with one attached hydrogen (secondary N) is 1. The first-order valence-corrected chi connectivity index (χ1v) is 9.33. The number of nitrogens with zero attached hydrogens (tertiary/aromatic N) is 3. The Hall–Kier alpha value is -2.67. The normalized spacial score (nSPS) is 11.6. The molecular weight excluding hydrogens is 344 g/mol. The van der Waals surface area contributed by atoms with Crippen LogP contribution in [0, 0.1) is 6.92 Å². The van der Waals surface area contributed by atoms with Crippen LogP contribution in [0.4, 0.5) is 0 Å². The fraction of sp³-hybridized carbons (Fsp3) is 0.450. The van der Waals surface area contributed by atoms with Crippen molar-refractivity contribution in [2.75, 3.05) is 20.2 Å². The minimum atomic E-state index is -0.224. The van der Waals surface area contributed by atoms with E-state index in [1.807, 2.05) is 17.4 Å². The zero-order chi connectivity index (χ0) is 19.7. The van der Waals surface area contributed by atoms with Crippen LogP contribution in [0.1, 0.15) is 54.4 Å². The highest BCUT2D eigenvalue weighted by atomic mass is 16.3. The number of carbonyl (C=O) groups is 1. The second-order valence-electron chi connectivity index (χ2n) is 6.94. The van der Waals surface area contributed by atoms with Crippen LogP contribution in [0.25, 0.3) is 16.6 Å². The second kappa shape index (κ2) is 7.52. The van der Waals surface area contributed by atoms with E-state index in [1.54, 1.807) is 19.3 Å². The van der Waals surface area contributed by atoms with E-state index in [9.17, 15) is 9.59 Å². The zero-order valence-corrected chi connectivity index (χ0v) is 16.2. The highest BCUT2D eigenvalue weighted by molar-refractivity contribution is 5.99. The summed E-state index contributed by atoms with van der Waals surface area (Å²) in [7, 11) is 1.65. The van der Waals surface area contributed by atoms with Crippen LogP contribution < -0.4 is 5.56 Å². The first-order chi connectivity index (χ1) is 12.9. The number of aliphatic hydroxyl groups excluding tert-OH is 1. The lowest BCUT2D eigenvalue weighted by atomic mass is 10.0. The number of aromatic nitrogens is 3. The molecule has 2 N–H and O–H groups in total. The molecule has 2 heterocycles. The summed E-state index contributed by atoms with van der Waals surface area (Å²) in [4.78, 5) is 34.1. The molecule has 0 saturated heterocycles. The standard InChI is InChI=1S/C20H26N4O3/c1-5-13(6-2)18-21-11-17-19(26)22-15-10-14(20(27)23(4)7-8-25)12(3)9-16(15)24(17)18/h9-11,13,25H,5-8H2,1-4H3,(H,22,26). The van der Waals surface area contributed by atoms with Crippen molar-refractivity contribution in [1.29, 1.82) is 0 Å². The number of carbonyl (C=O) groups excluding carboxylic acids is 1. The Bertz CT molecular complexity index is 1050. The van der Waals surface area contributed by atoms with Gasteiger partial charge in [-0.1, -0.05) is 13.8 Å². The SMILES string of the molecule is CCC(CC)c1ncc2c(=O)[nH]c3cc(C(=O)N(C)CCO)c(C)cc3n12. The van der Waals surface area contributed by atoms with Gasteiger partial charge in [0.15, 0.2) is 0 Å². The summed E-state index contributed by atoms with van der Waals surface area (Å²) in [6.07, 6.45) is 3.49. The lowest BCUT2D eigenvalue weighted by Crippen LogP contribution is -2.30. The van der Waals surface area contributed by atoms with Crippen LogP contribution in [-0.4, -0.2) is 50.5 Å². The molecule has 3 rings (SSSR count). The minimum Gasteiger partial charge on any atom is -0.395 e. The summed E-state index contributed by atoms with van der Waals surface area (Å²) < 4.78 is 1.92. The topological polar surface area (TPSA) is 90.7 Å². The van der Waals surface area contributed by atoms with Crippen LogP contribution in [0.15, 0.2) is 23.1 Å². The van der Waals surface area contributed by atoms with Crippen LogP contribution >= 0.6 is 0 Å². The third-order valence-corrected chi connectivity index (χ3v) is 5.22. The summed E-state index contributed by atoms with van der Waals surface area (Å²) in [6, 6.07) is 3.64. The predicted octanol–water partition coefficient (Wildman–Crippen LogP) is 2.45. The highest BCUT2D eigenvalue weighted by Gasteiger charge is 2.20. The Balaban J connectivity index is 2.27. The number of aromatic amines is 1. The molecule has 1 amide bonds. The van der Waals surface area contributed by atoms with Gasteiger partial charge in [0.25, 0.3) is 11.5 Å². The average Bonchev–Trinajstić information content (AvgIpc) is 3.08. The molecule has 2 aromatic heterocycles. The van der Waals surface area contributed by atoms with Gasteiger partial charge in [-0.25, -0.2) is 4.98 Å². The predicted molar refractivity (Wildman–Crippen MR) is 105 cm³/mol. The summed E-state index contributed by atoms with van der Waals surface area (Å²) in [5.41, 5.74) is 3.05. The van der Waals surface area contributed by atoms with E-state index in [2.05, 4.69) is 23.8 Å². The number of aliphatic hydroxyl groups is 1. The van der Waals surface area contributed by atoms with E-state index in [4.69, 9.17) is 5.11 Å². The number of fused-ring (bicyclic) bond motifs is 3. The Kier molecular flexibility index (Phi) is 5.32. The lowest BCUT2D eigenvalue weighted by Gasteiger charge is -2.18. The number of rotatable bonds is 6. The van der Waals surface area contributed by atoms with Crippen molar-refractivity contribution in [2.24, 2.45) is 0 Å². The Morgan fingerprint density at radius 3 is 2.63 bits per heavy atom. The summed E-state index contributed by atoms with van der Waals surface area (Å²) in [5.74, 6) is 0.951. The lowest BCUT2D eigenvalue weighted by molar-refractivity contribution is 0.0766. The monoisotopic (exact) mass is 370 g/mol. The maximum atomic E-state index is 12.7. The largest absolute Gasteiger partial charge is 0.395 e. The van der Waals surface area contributed by atoms with E-state index < -0.39 is 0 Å². The number of H-pyrrole nitrogens is 1. The molecule has 0 aliphatic carbocycles. The third kappa shape index (κ3) is 3.23. The second-order valence-corrected chi connectivity index (χ2v) is 6.94. The molecular formula is C20H26N4O3. The molecule has 3 aromatic rings. The molecule has 0 atom stereocenters. The Morgan fingerprint density at radius 2 is 2.00 bits per heavy atom. The molecule has 0 radical (unpaired) electrons. The quantitative estimate of drug-likeness (QED) is 0.697. The number of benzene rings is 1. The summed E-state index contributed by atoms with van der Waals surface area (Å²) >= 11 is 0. The van der Waals surface area contributed by atoms with E-state index >= 15 is 0 Å². The first kappa shape index (κ1) is 19.1. The molecule has 27 heavy (non-hydrogen) atoms. The number of hydrogen-bond acceptors (Lipinski definition) is 4. The van der Waals surface area contributed by atoms with Crippen molar-refractivity contribution in [1.82, 2.24) is 19.3 Å². The maximum absolute atomic E-state index is 12.7. The highest BCUT2D eigenvalue weighted by Crippen LogP contribution is 2.26.